The Morgan fingerprint density at radius 2 is 1.67 bits per heavy atom. The summed E-state index contributed by atoms with van der Waals surface area (Å²) in [6, 6.07) is 19.9. The van der Waals surface area contributed by atoms with Crippen LogP contribution in [0.2, 0.25) is 0 Å². The Morgan fingerprint density at radius 1 is 0.952 bits per heavy atom. The van der Waals surface area contributed by atoms with Gasteiger partial charge >= 0.3 is 0 Å². The molecule has 2 N–H and O–H groups in total. The summed E-state index contributed by atoms with van der Waals surface area (Å²) in [6.07, 6.45) is 0. The number of hydrogen-bond acceptors (Lipinski definition) is 2. The summed E-state index contributed by atoms with van der Waals surface area (Å²) in [7, 11) is 0. The molecule has 3 aromatic carbocycles. The molecule has 0 atom stereocenters. The van der Waals surface area contributed by atoms with Gasteiger partial charge in [0.25, 0.3) is 0 Å². The Bertz CT molecular complexity index is 821. The van der Waals surface area contributed by atoms with Gasteiger partial charge in [0.1, 0.15) is 16.5 Å². The SMILES string of the molecule is Cc1cccc(C(N)=S)c1Oc1cccc2ccccc12. The topological polar surface area (TPSA) is 35.2 Å². The maximum absolute atomic E-state index is 6.15. The predicted molar refractivity (Wildman–Crippen MR) is 91.1 cm³/mol. The lowest BCUT2D eigenvalue weighted by Crippen LogP contribution is -2.11. The van der Waals surface area contributed by atoms with Crippen LogP contribution in [0.5, 0.6) is 11.5 Å². The lowest BCUT2D eigenvalue weighted by Gasteiger charge is -2.14. The van der Waals surface area contributed by atoms with Gasteiger partial charge in [-0.1, -0.05) is 60.7 Å². The third kappa shape index (κ3) is 2.60. The first-order valence-electron chi connectivity index (χ1n) is 6.72. The summed E-state index contributed by atoms with van der Waals surface area (Å²) in [4.78, 5) is 0.342. The summed E-state index contributed by atoms with van der Waals surface area (Å²) in [6.45, 7) is 1.99. The summed E-state index contributed by atoms with van der Waals surface area (Å²) in [5, 5.41) is 2.21. The maximum Gasteiger partial charge on any atom is 0.140 e. The molecule has 2 nitrogen and oxygen atoms in total. The second kappa shape index (κ2) is 5.54. The first kappa shape index (κ1) is 13.6. The van der Waals surface area contributed by atoms with E-state index in [1.165, 1.54) is 0 Å². The van der Waals surface area contributed by atoms with E-state index in [0.717, 1.165) is 33.4 Å². The van der Waals surface area contributed by atoms with E-state index < -0.39 is 0 Å². The molecular weight excluding hydrogens is 278 g/mol. The zero-order valence-corrected chi connectivity index (χ0v) is 12.5. The van der Waals surface area contributed by atoms with E-state index in [1.54, 1.807) is 0 Å². The van der Waals surface area contributed by atoms with E-state index >= 15 is 0 Å². The number of fused-ring (bicyclic) bond motifs is 1. The molecular formula is C18H15NOS. The molecule has 3 rings (SSSR count). The second-order valence-corrected chi connectivity index (χ2v) is 5.34. The number of ether oxygens (including phenoxy) is 1. The molecule has 0 aromatic heterocycles. The number of nitrogens with two attached hydrogens (primary N) is 1. The fraction of sp³-hybridized carbons (Fsp3) is 0.0556. The highest BCUT2D eigenvalue weighted by atomic mass is 32.1. The van der Waals surface area contributed by atoms with Crippen LogP contribution in [0.4, 0.5) is 0 Å². The van der Waals surface area contributed by atoms with Gasteiger partial charge in [-0.25, -0.2) is 0 Å². The van der Waals surface area contributed by atoms with E-state index in [2.05, 4.69) is 12.1 Å². The lowest BCUT2D eigenvalue weighted by molar-refractivity contribution is 0.483. The largest absolute Gasteiger partial charge is 0.456 e. The Labute approximate surface area is 129 Å². The minimum atomic E-state index is 0.342. The average molecular weight is 293 g/mol. The molecule has 0 aliphatic rings. The van der Waals surface area contributed by atoms with E-state index in [1.807, 2.05) is 55.5 Å². The van der Waals surface area contributed by atoms with E-state index in [-0.39, 0.29) is 0 Å². The van der Waals surface area contributed by atoms with Crippen LogP contribution in [0.1, 0.15) is 11.1 Å². The Hall–Kier alpha value is -2.39. The van der Waals surface area contributed by atoms with Crippen molar-refractivity contribution < 1.29 is 4.74 Å². The van der Waals surface area contributed by atoms with Crippen molar-refractivity contribution in [1.82, 2.24) is 0 Å². The maximum atomic E-state index is 6.15. The molecule has 0 aliphatic carbocycles. The van der Waals surface area contributed by atoms with Crippen LogP contribution in [0.25, 0.3) is 10.8 Å². The van der Waals surface area contributed by atoms with Crippen molar-refractivity contribution in [2.24, 2.45) is 5.73 Å². The molecule has 3 aromatic rings. The standard InChI is InChI=1S/C18H15NOS/c1-12-6-4-10-15(18(19)21)17(12)20-16-11-5-8-13-7-2-3-9-14(13)16/h2-11H,1H3,(H2,19,21). The van der Waals surface area contributed by atoms with Gasteiger partial charge in [-0.15, -0.1) is 0 Å². The highest BCUT2D eigenvalue weighted by molar-refractivity contribution is 7.80. The average Bonchev–Trinajstić information content (AvgIpc) is 2.49. The van der Waals surface area contributed by atoms with Crippen molar-refractivity contribution >= 4 is 28.0 Å². The number of rotatable bonds is 3. The number of para-hydroxylation sites is 1. The quantitative estimate of drug-likeness (QED) is 0.718. The molecule has 21 heavy (non-hydrogen) atoms. The zero-order chi connectivity index (χ0) is 14.8. The monoisotopic (exact) mass is 293 g/mol. The molecule has 0 heterocycles. The molecule has 0 unspecified atom stereocenters. The van der Waals surface area contributed by atoms with Gasteiger partial charge < -0.3 is 10.5 Å². The van der Waals surface area contributed by atoms with Gasteiger partial charge in [0.15, 0.2) is 0 Å². The summed E-state index contributed by atoms with van der Waals surface area (Å²) < 4.78 is 6.15. The van der Waals surface area contributed by atoms with Crippen LogP contribution >= 0.6 is 12.2 Å². The number of aryl methyl sites for hydroxylation is 1. The number of thiocarbonyl (C=S) groups is 1. The molecule has 0 aliphatic heterocycles. The summed E-state index contributed by atoms with van der Waals surface area (Å²) in [5.41, 5.74) is 7.57. The van der Waals surface area contributed by atoms with Gasteiger partial charge in [0.05, 0.1) is 5.56 Å². The van der Waals surface area contributed by atoms with Crippen LogP contribution < -0.4 is 10.5 Å². The molecule has 0 saturated heterocycles. The molecule has 0 radical (unpaired) electrons. The van der Waals surface area contributed by atoms with Crippen LogP contribution in [-0.4, -0.2) is 4.99 Å². The van der Waals surface area contributed by atoms with Gasteiger partial charge in [-0.3, -0.25) is 0 Å². The second-order valence-electron chi connectivity index (χ2n) is 4.90. The minimum Gasteiger partial charge on any atom is -0.456 e. The van der Waals surface area contributed by atoms with Crippen molar-refractivity contribution in [1.29, 1.82) is 0 Å². The van der Waals surface area contributed by atoms with Crippen LogP contribution in [0, 0.1) is 6.92 Å². The fourth-order valence-corrected chi connectivity index (χ4v) is 2.54. The van der Waals surface area contributed by atoms with Gasteiger partial charge in [-0.2, -0.15) is 0 Å². The first-order chi connectivity index (χ1) is 10.2. The Morgan fingerprint density at radius 3 is 2.48 bits per heavy atom. The van der Waals surface area contributed by atoms with Crippen molar-refractivity contribution in [2.75, 3.05) is 0 Å². The smallest absolute Gasteiger partial charge is 0.140 e. The lowest BCUT2D eigenvalue weighted by atomic mass is 10.1. The first-order valence-corrected chi connectivity index (χ1v) is 7.12. The van der Waals surface area contributed by atoms with Crippen molar-refractivity contribution in [3.8, 4) is 11.5 Å². The Kier molecular flexibility index (Phi) is 3.59. The van der Waals surface area contributed by atoms with E-state index in [9.17, 15) is 0 Å². The highest BCUT2D eigenvalue weighted by Crippen LogP contribution is 2.33. The molecule has 0 bridgehead atoms. The zero-order valence-electron chi connectivity index (χ0n) is 11.7. The highest BCUT2D eigenvalue weighted by Gasteiger charge is 2.11. The van der Waals surface area contributed by atoms with Crippen molar-refractivity contribution in [3.05, 3.63) is 71.8 Å². The van der Waals surface area contributed by atoms with Gasteiger partial charge in [-0.05, 0) is 30.0 Å². The number of benzene rings is 3. The third-order valence-corrected chi connectivity index (χ3v) is 3.66. The fourth-order valence-electron chi connectivity index (χ4n) is 2.38. The van der Waals surface area contributed by atoms with Crippen molar-refractivity contribution in [2.45, 2.75) is 6.92 Å². The molecule has 0 amide bonds. The summed E-state index contributed by atoms with van der Waals surface area (Å²) >= 11 is 5.12. The van der Waals surface area contributed by atoms with E-state index in [0.29, 0.717) is 4.99 Å². The van der Waals surface area contributed by atoms with Crippen LogP contribution in [-0.2, 0) is 0 Å². The van der Waals surface area contributed by atoms with E-state index in [4.69, 9.17) is 22.7 Å². The predicted octanol–water partition coefficient (Wildman–Crippen LogP) is 4.57. The molecule has 3 heteroatoms. The molecule has 0 fully saturated rings. The third-order valence-electron chi connectivity index (χ3n) is 3.44. The normalized spacial score (nSPS) is 10.5. The van der Waals surface area contributed by atoms with Crippen molar-refractivity contribution in [3.63, 3.8) is 0 Å². The number of hydrogen-bond donors (Lipinski definition) is 1. The van der Waals surface area contributed by atoms with Gasteiger partial charge in [0.2, 0.25) is 0 Å². The summed E-state index contributed by atoms with van der Waals surface area (Å²) in [5.74, 6) is 1.53. The Balaban J connectivity index is 2.13. The van der Waals surface area contributed by atoms with Crippen LogP contribution in [0.15, 0.2) is 60.7 Å². The molecule has 0 saturated carbocycles. The molecule has 104 valence electrons. The van der Waals surface area contributed by atoms with Gasteiger partial charge in [0, 0.05) is 5.39 Å². The minimum absolute atomic E-state index is 0.342. The molecule has 0 spiro atoms. The van der Waals surface area contributed by atoms with Crippen LogP contribution in [0.3, 0.4) is 0 Å².